The van der Waals surface area contributed by atoms with Gasteiger partial charge < -0.3 is 9.84 Å². The molecule has 0 saturated carbocycles. The lowest BCUT2D eigenvalue weighted by Gasteiger charge is -2.21. The Kier molecular flexibility index (Phi) is 6.65. The first-order valence-corrected chi connectivity index (χ1v) is 14.5. The van der Waals surface area contributed by atoms with Gasteiger partial charge in [0.25, 0.3) is 15.9 Å². The maximum Gasteiger partial charge on any atom is 0.264 e. The molecule has 202 valence electrons. The van der Waals surface area contributed by atoms with E-state index in [1.807, 2.05) is 55.5 Å². The third kappa shape index (κ3) is 4.35. The molecule has 2 heterocycles. The Hall–Kier alpha value is -4.40. The quantitative estimate of drug-likeness (QED) is 0.288. The number of sulfonamides is 1. The number of carbonyl (C=O) groups excluding carboxylic acids is 1. The molecule has 0 radical (unpaired) electrons. The minimum Gasteiger partial charge on any atom is -0.487 e. The molecule has 1 atom stereocenters. The second kappa shape index (κ2) is 10.3. The SMILES string of the molecule is Cc1cn(C(=O)c2ccccc2)c2c(OCc3ccccc3)cc3c(c12)C(CO)CN3S(=O)(=O)c1ccccc1. The van der Waals surface area contributed by atoms with E-state index in [1.54, 1.807) is 59.3 Å². The molecule has 6 rings (SSSR count). The molecule has 0 saturated heterocycles. The van der Waals surface area contributed by atoms with Crippen molar-refractivity contribution in [2.75, 3.05) is 17.5 Å². The summed E-state index contributed by atoms with van der Waals surface area (Å²) in [6.45, 7) is 1.95. The van der Waals surface area contributed by atoms with Crippen LogP contribution in [0.3, 0.4) is 0 Å². The first-order chi connectivity index (χ1) is 19.4. The Morgan fingerprint density at radius 3 is 2.23 bits per heavy atom. The molecule has 1 unspecified atom stereocenters. The van der Waals surface area contributed by atoms with Crippen LogP contribution in [0.15, 0.2) is 108 Å². The van der Waals surface area contributed by atoms with E-state index in [9.17, 15) is 18.3 Å². The molecular weight excluding hydrogens is 524 g/mol. The number of aryl methyl sites for hydroxylation is 1. The Bertz CT molecular complexity index is 1800. The summed E-state index contributed by atoms with van der Waals surface area (Å²) in [6.07, 6.45) is 1.76. The molecule has 5 aromatic rings. The van der Waals surface area contributed by atoms with Crippen LogP contribution in [0, 0.1) is 6.92 Å². The lowest BCUT2D eigenvalue weighted by Crippen LogP contribution is -2.30. The van der Waals surface area contributed by atoms with Crippen LogP contribution in [0.4, 0.5) is 5.69 Å². The zero-order valence-electron chi connectivity index (χ0n) is 21.9. The van der Waals surface area contributed by atoms with Gasteiger partial charge in [-0.15, -0.1) is 0 Å². The highest BCUT2D eigenvalue weighted by atomic mass is 32.2. The van der Waals surface area contributed by atoms with Gasteiger partial charge in [0.05, 0.1) is 22.7 Å². The Morgan fingerprint density at radius 2 is 1.57 bits per heavy atom. The number of aliphatic hydroxyl groups excluding tert-OH is 1. The smallest absolute Gasteiger partial charge is 0.264 e. The minimum absolute atomic E-state index is 0.0809. The lowest BCUT2D eigenvalue weighted by molar-refractivity contribution is 0.0964. The predicted octanol–water partition coefficient (Wildman–Crippen LogP) is 5.50. The number of carbonyl (C=O) groups is 1. The van der Waals surface area contributed by atoms with Crippen LogP contribution in [0.25, 0.3) is 10.9 Å². The summed E-state index contributed by atoms with van der Waals surface area (Å²) < 4.78 is 36.9. The maximum absolute atomic E-state index is 13.8. The fraction of sp³-hybridized carbons (Fsp3) is 0.156. The number of anilines is 1. The molecule has 40 heavy (non-hydrogen) atoms. The summed E-state index contributed by atoms with van der Waals surface area (Å²) in [5.74, 6) is -0.308. The first-order valence-electron chi connectivity index (χ1n) is 13.0. The van der Waals surface area contributed by atoms with Gasteiger partial charge in [-0.2, -0.15) is 0 Å². The van der Waals surface area contributed by atoms with E-state index in [-0.39, 0.29) is 30.6 Å². The number of aliphatic hydroxyl groups is 1. The van der Waals surface area contributed by atoms with Gasteiger partial charge in [0, 0.05) is 35.7 Å². The van der Waals surface area contributed by atoms with Gasteiger partial charge in [-0.3, -0.25) is 13.7 Å². The van der Waals surface area contributed by atoms with Gasteiger partial charge in [-0.1, -0.05) is 66.7 Å². The Balaban J connectivity index is 1.58. The summed E-state index contributed by atoms with van der Waals surface area (Å²) in [6, 6.07) is 28.6. The number of aromatic nitrogens is 1. The van der Waals surface area contributed by atoms with Gasteiger partial charge in [-0.05, 0) is 47.9 Å². The molecule has 7 nitrogen and oxygen atoms in total. The average Bonchev–Trinajstić information content (AvgIpc) is 3.55. The van der Waals surface area contributed by atoms with E-state index in [2.05, 4.69) is 0 Å². The predicted molar refractivity (Wildman–Crippen MR) is 154 cm³/mol. The summed E-state index contributed by atoms with van der Waals surface area (Å²) in [4.78, 5) is 13.9. The second-order valence-corrected chi connectivity index (χ2v) is 11.7. The van der Waals surface area contributed by atoms with Gasteiger partial charge in [0.15, 0.2) is 0 Å². The van der Waals surface area contributed by atoms with E-state index in [0.717, 1.165) is 16.5 Å². The molecular formula is C32H28N2O5S. The van der Waals surface area contributed by atoms with E-state index in [1.165, 1.54) is 4.31 Å². The number of fused-ring (bicyclic) bond motifs is 3. The average molecular weight is 553 g/mol. The van der Waals surface area contributed by atoms with E-state index < -0.39 is 15.9 Å². The van der Waals surface area contributed by atoms with Gasteiger partial charge in [0.2, 0.25) is 0 Å². The van der Waals surface area contributed by atoms with Crippen molar-refractivity contribution in [3.05, 3.63) is 126 Å². The first kappa shape index (κ1) is 25.9. The number of ether oxygens (including phenoxy) is 1. The number of nitrogens with zero attached hydrogens (tertiary/aromatic N) is 2. The summed E-state index contributed by atoms with van der Waals surface area (Å²) in [7, 11) is -3.92. The van der Waals surface area contributed by atoms with Crippen molar-refractivity contribution in [3.63, 3.8) is 0 Å². The molecule has 1 aliphatic heterocycles. The van der Waals surface area contributed by atoms with Crippen LogP contribution in [-0.2, 0) is 16.6 Å². The van der Waals surface area contributed by atoms with Crippen molar-refractivity contribution in [2.24, 2.45) is 0 Å². The van der Waals surface area contributed by atoms with E-state index >= 15 is 0 Å². The third-order valence-electron chi connectivity index (χ3n) is 7.33. The highest BCUT2D eigenvalue weighted by Gasteiger charge is 2.39. The van der Waals surface area contributed by atoms with Crippen molar-refractivity contribution < 1.29 is 23.1 Å². The summed E-state index contributed by atoms with van der Waals surface area (Å²) in [5.41, 5.74) is 3.94. The van der Waals surface area contributed by atoms with Crippen LogP contribution in [0.5, 0.6) is 5.75 Å². The fourth-order valence-electron chi connectivity index (χ4n) is 5.44. The summed E-state index contributed by atoms with van der Waals surface area (Å²) >= 11 is 0. The van der Waals surface area contributed by atoms with Crippen molar-refractivity contribution in [3.8, 4) is 5.75 Å². The van der Waals surface area contributed by atoms with Crippen molar-refractivity contribution in [1.29, 1.82) is 0 Å². The molecule has 0 amide bonds. The number of hydrogen-bond donors (Lipinski definition) is 1. The van der Waals surface area contributed by atoms with E-state index in [0.29, 0.717) is 28.1 Å². The van der Waals surface area contributed by atoms with Gasteiger partial charge >= 0.3 is 0 Å². The van der Waals surface area contributed by atoms with Crippen molar-refractivity contribution in [1.82, 2.24) is 4.57 Å². The number of rotatable bonds is 7. The standard InChI is InChI=1S/C32H28N2O5S/c1-22-18-33(32(36)24-13-7-3-8-14-24)31-28(39-21-23-11-5-2-6-12-23)17-27-30(29(22)31)25(20-35)19-34(27)40(37,38)26-15-9-4-10-16-26/h2-18,25,35H,19-21H2,1H3. The zero-order valence-corrected chi connectivity index (χ0v) is 22.7. The molecule has 0 aliphatic carbocycles. The molecule has 0 bridgehead atoms. The molecule has 0 fully saturated rings. The maximum atomic E-state index is 13.8. The van der Waals surface area contributed by atoms with E-state index in [4.69, 9.17) is 4.74 Å². The van der Waals surface area contributed by atoms with Crippen LogP contribution in [0.1, 0.15) is 33.0 Å². The molecule has 8 heteroatoms. The van der Waals surface area contributed by atoms with Crippen LogP contribution < -0.4 is 9.04 Å². The summed E-state index contributed by atoms with van der Waals surface area (Å²) in [5, 5.41) is 11.1. The molecule has 0 spiro atoms. The third-order valence-corrected chi connectivity index (χ3v) is 9.13. The normalized spacial score (nSPS) is 14.8. The van der Waals surface area contributed by atoms with Crippen molar-refractivity contribution >= 4 is 32.5 Å². The number of hydrogen-bond acceptors (Lipinski definition) is 5. The minimum atomic E-state index is -3.92. The van der Waals surface area contributed by atoms with Crippen LogP contribution in [-0.4, -0.2) is 37.2 Å². The highest BCUT2D eigenvalue weighted by Crippen LogP contribution is 2.48. The fourth-order valence-corrected chi connectivity index (χ4v) is 6.98. The Labute approximate surface area is 232 Å². The lowest BCUT2D eigenvalue weighted by atomic mass is 9.96. The second-order valence-electron chi connectivity index (χ2n) is 9.89. The van der Waals surface area contributed by atoms with Gasteiger partial charge in [-0.25, -0.2) is 8.42 Å². The molecule has 1 aliphatic rings. The van der Waals surface area contributed by atoms with Crippen molar-refractivity contribution in [2.45, 2.75) is 24.3 Å². The molecule has 1 N–H and O–H groups in total. The Morgan fingerprint density at radius 1 is 0.950 bits per heavy atom. The van der Waals surface area contributed by atoms with Gasteiger partial charge in [0.1, 0.15) is 12.4 Å². The zero-order chi connectivity index (χ0) is 27.9. The van der Waals surface area contributed by atoms with Crippen LogP contribution in [0.2, 0.25) is 0 Å². The number of benzene rings is 4. The molecule has 4 aromatic carbocycles. The topological polar surface area (TPSA) is 88.8 Å². The van der Waals surface area contributed by atoms with Crippen LogP contribution >= 0.6 is 0 Å². The highest BCUT2D eigenvalue weighted by molar-refractivity contribution is 7.92. The monoisotopic (exact) mass is 552 g/mol. The molecule has 1 aromatic heterocycles. The largest absolute Gasteiger partial charge is 0.487 e.